The third-order valence-electron chi connectivity index (χ3n) is 2.08. The highest BCUT2D eigenvalue weighted by molar-refractivity contribution is 9.10. The Morgan fingerprint density at radius 3 is 2.53 bits per heavy atom. The van der Waals surface area contributed by atoms with E-state index in [0.29, 0.717) is 0 Å². The Bertz CT molecular complexity index is 460. The molecule has 0 aliphatic rings. The number of aromatic nitrogens is 1. The predicted octanol–water partition coefficient (Wildman–Crippen LogP) is 1.25. The summed E-state index contributed by atoms with van der Waals surface area (Å²) >= 11 is 4.86. The summed E-state index contributed by atoms with van der Waals surface area (Å²) in [5.41, 5.74) is 0.891. The second-order valence-electron chi connectivity index (χ2n) is 3.20. The lowest BCUT2D eigenvalue weighted by atomic mass is 10.1. The van der Waals surface area contributed by atoms with Crippen molar-refractivity contribution in [1.29, 1.82) is 0 Å². The van der Waals surface area contributed by atoms with Gasteiger partial charge in [0, 0.05) is 4.91 Å². The zero-order valence-corrected chi connectivity index (χ0v) is 10.5. The second kappa shape index (κ2) is 4.47. The fraction of sp³-hybridized carbons (Fsp3) is 0.100. The van der Waals surface area contributed by atoms with Gasteiger partial charge in [0.15, 0.2) is 7.85 Å². The first-order valence-corrected chi connectivity index (χ1v) is 6.15. The number of halogens is 1. The SMILES string of the molecule is Bc1nc(Br)c(C(O)c2ccccc2)s1. The molecule has 15 heavy (non-hydrogen) atoms. The summed E-state index contributed by atoms with van der Waals surface area (Å²) in [6.07, 6.45) is -0.591. The normalized spacial score (nSPS) is 12.7. The number of thiazole rings is 1. The van der Waals surface area contributed by atoms with Crippen molar-refractivity contribution >= 4 is 40.0 Å². The smallest absolute Gasteiger partial charge is 0.177 e. The molecule has 0 radical (unpaired) electrons. The molecule has 0 fully saturated rings. The molecule has 5 heteroatoms. The molecule has 76 valence electrons. The lowest BCUT2D eigenvalue weighted by Gasteiger charge is -2.08. The highest BCUT2D eigenvalue weighted by Gasteiger charge is 2.16. The van der Waals surface area contributed by atoms with E-state index in [2.05, 4.69) is 20.9 Å². The van der Waals surface area contributed by atoms with E-state index in [1.54, 1.807) is 0 Å². The molecule has 0 aliphatic heterocycles. The molecule has 1 aromatic carbocycles. The van der Waals surface area contributed by atoms with Gasteiger partial charge in [-0.25, -0.2) is 4.98 Å². The van der Waals surface area contributed by atoms with Crippen LogP contribution < -0.4 is 4.91 Å². The Labute approximate surface area is 102 Å². The maximum absolute atomic E-state index is 10.1. The van der Waals surface area contributed by atoms with E-state index in [4.69, 9.17) is 0 Å². The van der Waals surface area contributed by atoms with E-state index in [1.807, 2.05) is 38.2 Å². The molecule has 2 rings (SSSR count). The summed E-state index contributed by atoms with van der Waals surface area (Å²) in [5, 5.41) is 10.1. The minimum absolute atomic E-state index is 0.591. The van der Waals surface area contributed by atoms with Crippen LogP contribution in [0.25, 0.3) is 0 Å². The highest BCUT2D eigenvalue weighted by atomic mass is 79.9. The van der Waals surface area contributed by atoms with E-state index in [-0.39, 0.29) is 0 Å². The Morgan fingerprint density at radius 2 is 2.00 bits per heavy atom. The zero-order valence-electron chi connectivity index (χ0n) is 8.14. The van der Waals surface area contributed by atoms with Crippen LogP contribution in [-0.2, 0) is 0 Å². The van der Waals surface area contributed by atoms with Crippen molar-refractivity contribution in [3.05, 3.63) is 45.4 Å². The Hall–Kier alpha value is -0.645. The summed E-state index contributed by atoms with van der Waals surface area (Å²) < 4.78 is 0.737. The molecule has 0 saturated carbocycles. The average molecular weight is 282 g/mol. The molecule has 1 unspecified atom stereocenters. The van der Waals surface area contributed by atoms with Gasteiger partial charge < -0.3 is 5.11 Å². The standard InChI is InChI=1S/C10H9BBrNOS/c11-10-13-9(12)8(15-10)7(14)6-4-2-1-3-5-6/h1-5,7,14H,11H2. The number of rotatable bonds is 2. The van der Waals surface area contributed by atoms with E-state index in [9.17, 15) is 5.11 Å². The number of hydrogen-bond donors (Lipinski definition) is 1. The van der Waals surface area contributed by atoms with Crippen molar-refractivity contribution in [3.63, 3.8) is 0 Å². The number of nitrogens with zero attached hydrogens (tertiary/aromatic N) is 1. The second-order valence-corrected chi connectivity index (χ2v) is 5.19. The monoisotopic (exact) mass is 281 g/mol. The molecule has 0 aliphatic carbocycles. The number of aliphatic hydroxyl groups excluding tert-OH is 1. The maximum atomic E-state index is 10.1. The van der Waals surface area contributed by atoms with Gasteiger partial charge in [0.25, 0.3) is 0 Å². The van der Waals surface area contributed by atoms with Gasteiger partial charge in [-0.05, 0) is 21.5 Å². The summed E-state index contributed by atoms with van der Waals surface area (Å²) in [7, 11) is 1.93. The van der Waals surface area contributed by atoms with Crippen LogP contribution in [0.4, 0.5) is 0 Å². The van der Waals surface area contributed by atoms with Crippen LogP contribution in [0.5, 0.6) is 0 Å². The third-order valence-corrected chi connectivity index (χ3v) is 3.97. The summed E-state index contributed by atoms with van der Waals surface area (Å²) in [5.74, 6) is 0. The van der Waals surface area contributed by atoms with Gasteiger partial charge >= 0.3 is 0 Å². The summed E-state index contributed by atoms with van der Waals surface area (Å²) in [6, 6.07) is 9.59. The van der Waals surface area contributed by atoms with Crippen molar-refractivity contribution in [3.8, 4) is 0 Å². The molecule has 2 nitrogen and oxygen atoms in total. The van der Waals surface area contributed by atoms with Crippen molar-refractivity contribution in [2.45, 2.75) is 6.10 Å². The van der Waals surface area contributed by atoms with Crippen LogP contribution in [-0.4, -0.2) is 17.9 Å². The highest BCUT2D eigenvalue weighted by Crippen LogP contribution is 2.29. The molecular weight excluding hydrogens is 273 g/mol. The van der Waals surface area contributed by atoms with Crippen LogP contribution in [0.15, 0.2) is 34.9 Å². The van der Waals surface area contributed by atoms with Gasteiger partial charge in [-0.15, -0.1) is 11.3 Å². The first kappa shape index (κ1) is 10.9. The first-order chi connectivity index (χ1) is 7.18. The Balaban J connectivity index is 2.36. The molecule has 0 spiro atoms. The van der Waals surface area contributed by atoms with Crippen molar-refractivity contribution < 1.29 is 5.11 Å². The van der Waals surface area contributed by atoms with Crippen LogP contribution in [0.1, 0.15) is 16.5 Å². The lowest BCUT2D eigenvalue weighted by Crippen LogP contribution is -1.97. The van der Waals surface area contributed by atoms with E-state index in [0.717, 1.165) is 20.0 Å². The van der Waals surface area contributed by atoms with Crippen LogP contribution in [0.3, 0.4) is 0 Å². The predicted molar refractivity (Wildman–Crippen MR) is 68.5 cm³/mol. The lowest BCUT2D eigenvalue weighted by molar-refractivity contribution is 0.223. The topological polar surface area (TPSA) is 33.1 Å². The van der Waals surface area contributed by atoms with E-state index >= 15 is 0 Å². The quantitative estimate of drug-likeness (QED) is 0.841. The van der Waals surface area contributed by atoms with E-state index < -0.39 is 6.10 Å². The fourth-order valence-electron chi connectivity index (χ4n) is 1.37. The number of benzene rings is 1. The molecule has 0 bridgehead atoms. The summed E-state index contributed by atoms with van der Waals surface area (Å²) in [6.45, 7) is 0. The van der Waals surface area contributed by atoms with Gasteiger partial charge in [-0.3, -0.25) is 0 Å². The first-order valence-electron chi connectivity index (χ1n) is 4.54. The largest absolute Gasteiger partial charge is 0.383 e. The van der Waals surface area contributed by atoms with Gasteiger partial charge in [-0.1, -0.05) is 30.3 Å². The number of hydrogen-bond acceptors (Lipinski definition) is 3. The molecule has 1 aromatic heterocycles. The van der Waals surface area contributed by atoms with Crippen molar-refractivity contribution in [2.75, 3.05) is 0 Å². The number of aliphatic hydroxyl groups is 1. The van der Waals surface area contributed by atoms with Gasteiger partial charge in [0.05, 0.1) is 4.88 Å². The van der Waals surface area contributed by atoms with Crippen LogP contribution >= 0.6 is 27.3 Å². The average Bonchev–Trinajstić information content (AvgIpc) is 2.58. The van der Waals surface area contributed by atoms with Gasteiger partial charge in [0.2, 0.25) is 0 Å². The van der Waals surface area contributed by atoms with Gasteiger partial charge in [-0.2, -0.15) is 0 Å². The summed E-state index contributed by atoms with van der Waals surface area (Å²) in [4.78, 5) is 6.04. The molecular formula is C10H9BBrNOS. The molecule has 0 saturated heterocycles. The minimum atomic E-state index is -0.591. The molecule has 1 atom stereocenters. The molecule has 1 N–H and O–H groups in total. The van der Waals surface area contributed by atoms with E-state index in [1.165, 1.54) is 11.3 Å². The fourth-order valence-corrected chi connectivity index (χ4v) is 3.05. The Kier molecular flexibility index (Phi) is 3.24. The van der Waals surface area contributed by atoms with Crippen molar-refractivity contribution in [1.82, 2.24) is 4.98 Å². The maximum Gasteiger partial charge on any atom is 0.177 e. The van der Waals surface area contributed by atoms with Crippen molar-refractivity contribution in [2.24, 2.45) is 0 Å². The zero-order chi connectivity index (χ0) is 10.8. The van der Waals surface area contributed by atoms with Crippen LogP contribution in [0, 0.1) is 0 Å². The molecule has 0 amide bonds. The third kappa shape index (κ3) is 2.30. The molecule has 2 aromatic rings. The van der Waals surface area contributed by atoms with Gasteiger partial charge in [0.1, 0.15) is 10.7 Å². The van der Waals surface area contributed by atoms with Crippen LogP contribution in [0.2, 0.25) is 0 Å². The Morgan fingerprint density at radius 1 is 1.33 bits per heavy atom. The molecule has 1 heterocycles. The minimum Gasteiger partial charge on any atom is -0.383 e.